The van der Waals surface area contributed by atoms with Crippen molar-refractivity contribution >= 4 is 22.6 Å². The molecule has 4 rings (SSSR count). The molecule has 6 nitrogen and oxygen atoms in total. The number of hydrogen-bond donors (Lipinski definition) is 1. The molecule has 0 spiro atoms. The number of nitrogens with zero attached hydrogens (tertiary/aromatic N) is 3. The number of piperidine rings is 1. The lowest BCUT2D eigenvalue weighted by Crippen LogP contribution is -2.45. The molecule has 30 heavy (non-hydrogen) atoms. The van der Waals surface area contributed by atoms with Gasteiger partial charge in [-0.15, -0.1) is 0 Å². The van der Waals surface area contributed by atoms with E-state index in [1.54, 1.807) is 6.20 Å². The Balaban J connectivity index is 1.41. The van der Waals surface area contributed by atoms with E-state index in [0.717, 1.165) is 43.9 Å². The van der Waals surface area contributed by atoms with Crippen LogP contribution in [-0.4, -0.2) is 41.6 Å². The van der Waals surface area contributed by atoms with Gasteiger partial charge in [-0.2, -0.15) is 8.78 Å². The third-order valence-electron chi connectivity index (χ3n) is 5.02. The molecule has 0 saturated carbocycles. The molecule has 2 aromatic heterocycles. The van der Waals surface area contributed by atoms with Crippen LogP contribution < -0.4 is 15.0 Å². The molecule has 1 aliphatic rings. The van der Waals surface area contributed by atoms with Crippen molar-refractivity contribution in [3.8, 4) is 5.75 Å². The predicted molar refractivity (Wildman–Crippen MR) is 105 cm³/mol. The molecule has 0 bridgehead atoms. The first-order valence-corrected chi connectivity index (χ1v) is 9.50. The maximum atomic E-state index is 14.0. The molecule has 1 N–H and O–H groups in total. The maximum absolute atomic E-state index is 14.0. The molecule has 1 saturated heterocycles. The Labute approximate surface area is 170 Å². The number of anilines is 1. The Morgan fingerprint density at radius 2 is 1.97 bits per heavy atom. The van der Waals surface area contributed by atoms with Crippen molar-refractivity contribution in [3.63, 3.8) is 0 Å². The number of alkyl halides is 2. The van der Waals surface area contributed by atoms with E-state index < -0.39 is 18.2 Å². The van der Waals surface area contributed by atoms with Gasteiger partial charge in [0.25, 0.3) is 5.91 Å². The summed E-state index contributed by atoms with van der Waals surface area (Å²) in [7, 11) is 0. The molecule has 1 amide bonds. The summed E-state index contributed by atoms with van der Waals surface area (Å²) in [6.07, 6.45) is 4.63. The lowest BCUT2D eigenvalue weighted by Gasteiger charge is -2.33. The van der Waals surface area contributed by atoms with Crippen molar-refractivity contribution < 1.29 is 22.7 Å². The first kappa shape index (κ1) is 19.9. The van der Waals surface area contributed by atoms with Gasteiger partial charge in [0.1, 0.15) is 5.82 Å². The van der Waals surface area contributed by atoms with Gasteiger partial charge in [0.2, 0.25) is 0 Å². The van der Waals surface area contributed by atoms with Gasteiger partial charge in [-0.1, -0.05) is 6.07 Å². The van der Waals surface area contributed by atoms with Crippen LogP contribution in [-0.2, 0) is 0 Å². The van der Waals surface area contributed by atoms with E-state index in [2.05, 4.69) is 24.9 Å². The van der Waals surface area contributed by atoms with Crippen LogP contribution in [0.15, 0.2) is 48.8 Å². The number of halogens is 3. The first-order valence-electron chi connectivity index (χ1n) is 9.50. The number of fused-ring (bicyclic) bond motifs is 1. The third-order valence-corrected chi connectivity index (χ3v) is 5.02. The number of carbonyl (C=O) groups excluding carboxylic acids is 1. The number of amides is 1. The molecular weight excluding hydrogens is 397 g/mol. The summed E-state index contributed by atoms with van der Waals surface area (Å²) >= 11 is 0. The van der Waals surface area contributed by atoms with Crippen molar-refractivity contribution in [2.45, 2.75) is 25.5 Å². The lowest BCUT2D eigenvalue weighted by atomic mass is 10.0. The summed E-state index contributed by atoms with van der Waals surface area (Å²) in [6.45, 7) is -1.59. The van der Waals surface area contributed by atoms with Gasteiger partial charge >= 0.3 is 6.61 Å². The third kappa shape index (κ3) is 4.45. The van der Waals surface area contributed by atoms with Crippen LogP contribution >= 0.6 is 0 Å². The fourth-order valence-corrected chi connectivity index (χ4v) is 3.50. The number of carbonyl (C=O) groups is 1. The Morgan fingerprint density at radius 3 is 2.67 bits per heavy atom. The van der Waals surface area contributed by atoms with Crippen LogP contribution in [0.25, 0.3) is 10.9 Å². The molecule has 3 aromatic rings. The minimum atomic E-state index is -3.13. The zero-order valence-corrected chi connectivity index (χ0v) is 15.9. The standard InChI is InChI=1S/C21H19F3N4O2/c22-16-10-13-9-14(12-26-17(13)11-18(16)30-21(23)24)20(29)27-15-4-7-28(8-5-15)19-3-1-2-6-25-19/h1-3,6,9-12,15,21H,4-5,7-8H2,(H,27,29). The normalized spacial score (nSPS) is 14.9. The second-order valence-corrected chi connectivity index (χ2v) is 7.00. The van der Waals surface area contributed by atoms with Gasteiger partial charge in [-0.25, -0.2) is 9.37 Å². The first-order chi connectivity index (χ1) is 14.5. The average Bonchev–Trinajstić information content (AvgIpc) is 2.75. The molecule has 1 aliphatic heterocycles. The summed E-state index contributed by atoms with van der Waals surface area (Å²) in [4.78, 5) is 23.2. The average molecular weight is 416 g/mol. The maximum Gasteiger partial charge on any atom is 0.387 e. The second kappa shape index (κ2) is 8.56. The van der Waals surface area contributed by atoms with Crippen LogP contribution in [0, 0.1) is 5.82 Å². The van der Waals surface area contributed by atoms with Crippen molar-refractivity contribution in [2.24, 2.45) is 0 Å². The van der Waals surface area contributed by atoms with E-state index in [1.165, 1.54) is 12.3 Å². The van der Waals surface area contributed by atoms with Gasteiger partial charge in [0.05, 0.1) is 11.1 Å². The van der Waals surface area contributed by atoms with E-state index in [9.17, 15) is 18.0 Å². The molecular formula is C21H19F3N4O2. The van der Waals surface area contributed by atoms with Crippen molar-refractivity contribution in [3.05, 3.63) is 60.2 Å². The molecule has 0 radical (unpaired) electrons. The monoisotopic (exact) mass is 416 g/mol. The topological polar surface area (TPSA) is 67.4 Å². The van der Waals surface area contributed by atoms with Crippen molar-refractivity contribution in [1.82, 2.24) is 15.3 Å². The Bertz CT molecular complexity index is 1040. The van der Waals surface area contributed by atoms with Crippen LogP contribution in [0.4, 0.5) is 19.0 Å². The van der Waals surface area contributed by atoms with Gasteiger partial charge in [0.15, 0.2) is 11.6 Å². The molecule has 156 valence electrons. The van der Waals surface area contributed by atoms with Crippen molar-refractivity contribution in [2.75, 3.05) is 18.0 Å². The van der Waals surface area contributed by atoms with E-state index >= 15 is 0 Å². The quantitative estimate of drug-likeness (QED) is 0.686. The number of ether oxygens (including phenoxy) is 1. The minimum Gasteiger partial charge on any atom is -0.432 e. The van der Waals surface area contributed by atoms with E-state index in [0.29, 0.717) is 5.39 Å². The summed E-state index contributed by atoms with van der Waals surface area (Å²) in [6, 6.07) is 9.37. The van der Waals surface area contributed by atoms with E-state index in [1.807, 2.05) is 18.2 Å². The number of rotatable bonds is 5. The van der Waals surface area contributed by atoms with Crippen LogP contribution in [0.2, 0.25) is 0 Å². The SMILES string of the molecule is O=C(NC1CCN(c2ccccn2)CC1)c1cnc2cc(OC(F)F)c(F)cc2c1. The predicted octanol–water partition coefficient (Wildman–Crippen LogP) is 3.77. The molecule has 1 aromatic carbocycles. The second-order valence-electron chi connectivity index (χ2n) is 7.00. The van der Waals surface area contributed by atoms with E-state index in [-0.39, 0.29) is 23.0 Å². The number of benzene rings is 1. The smallest absolute Gasteiger partial charge is 0.387 e. The van der Waals surface area contributed by atoms with Crippen LogP contribution in [0.3, 0.4) is 0 Å². The fraction of sp³-hybridized carbons (Fsp3) is 0.286. The highest BCUT2D eigenvalue weighted by atomic mass is 19.3. The van der Waals surface area contributed by atoms with Gasteiger partial charge in [0, 0.05) is 43.0 Å². The van der Waals surface area contributed by atoms with Crippen molar-refractivity contribution in [1.29, 1.82) is 0 Å². The molecule has 0 unspecified atom stereocenters. The number of aromatic nitrogens is 2. The minimum absolute atomic E-state index is 0.00622. The molecule has 0 aliphatic carbocycles. The Kier molecular flexibility index (Phi) is 5.69. The van der Waals surface area contributed by atoms with Gasteiger partial charge in [-0.05, 0) is 37.1 Å². The lowest BCUT2D eigenvalue weighted by molar-refractivity contribution is -0.0520. The molecule has 9 heteroatoms. The summed E-state index contributed by atoms with van der Waals surface area (Å²) in [5.41, 5.74) is 0.531. The summed E-state index contributed by atoms with van der Waals surface area (Å²) in [5, 5.41) is 3.31. The number of pyridine rings is 2. The molecule has 1 fully saturated rings. The zero-order valence-electron chi connectivity index (χ0n) is 15.9. The largest absolute Gasteiger partial charge is 0.432 e. The van der Waals surface area contributed by atoms with Gasteiger partial charge < -0.3 is 15.0 Å². The van der Waals surface area contributed by atoms with E-state index in [4.69, 9.17) is 0 Å². The summed E-state index contributed by atoms with van der Waals surface area (Å²) in [5.74, 6) is -0.918. The number of nitrogens with one attached hydrogen (secondary N) is 1. The molecule has 3 heterocycles. The Hall–Kier alpha value is -3.36. The van der Waals surface area contributed by atoms with Crippen LogP contribution in [0.1, 0.15) is 23.2 Å². The van der Waals surface area contributed by atoms with Gasteiger partial charge in [-0.3, -0.25) is 9.78 Å². The summed E-state index contributed by atoms with van der Waals surface area (Å²) < 4.78 is 42.8. The fourth-order valence-electron chi connectivity index (χ4n) is 3.50. The molecule has 0 atom stereocenters. The van der Waals surface area contributed by atoms with Crippen LogP contribution in [0.5, 0.6) is 5.75 Å². The highest BCUT2D eigenvalue weighted by Crippen LogP contribution is 2.26. The highest BCUT2D eigenvalue weighted by Gasteiger charge is 2.22. The highest BCUT2D eigenvalue weighted by molar-refractivity contribution is 5.97. The zero-order chi connectivity index (χ0) is 21.1. The number of hydrogen-bond acceptors (Lipinski definition) is 5. The Morgan fingerprint density at radius 1 is 1.17 bits per heavy atom.